The second-order valence-electron chi connectivity index (χ2n) is 11.2. The number of aromatic nitrogens is 1. The zero-order chi connectivity index (χ0) is 25.4. The van der Waals surface area contributed by atoms with Crippen LogP contribution in [-0.2, 0) is 16.0 Å². The van der Waals surface area contributed by atoms with E-state index in [1.54, 1.807) is 6.08 Å². The van der Waals surface area contributed by atoms with Gasteiger partial charge in [0, 0.05) is 35.0 Å². The van der Waals surface area contributed by atoms with E-state index < -0.39 is 5.41 Å². The Balaban J connectivity index is 1.58. The van der Waals surface area contributed by atoms with Crippen molar-refractivity contribution in [2.24, 2.45) is 29.1 Å². The Morgan fingerprint density at radius 2 is 1.86 bits per heavy atom. The minimum atomic E-state index is -1.11. The van der Waals surface area contributed by atoms with Gasteiger partial charge in [-0.2, -0.15) is 0 Å². The molecule has 4 nitrogen and oxygen atoms in total. The van der Waals surface area contributed by atoms with E-state index >= 15 is 0 Å². The van der Waals surface area contributed by atoms with Crippen molar-refractivity contribution in [2.75, 3.05) is 0 Å². The zero-order valence-electron chi connectivity index (χ0n) is 21.9. The summed E-state index contributed by atoms with van der Waals surface area (Å²) in [4.78, 5) is 31.4. The van der Waals surface area contributed by atoms with E-state index in [0.717, 1.165) is 24.8 Å². The average Bonchev–Trinajstić information content (AvgIpc) is 3.38. The molecule has 2 heterocycles. The van der Waals surface area contributed by atoms with E-state index in [4.69, 9.17) is 0 Å². The van der Waals surface area contributed by atoms with Gasteiger partial charge in [-0.05, 0) is 69.1 Å². The molecule has 0 bridgehead atoms. The maximum absolute atomic E-state index is 14.1. The van der Waals surface area contributed by atoms with Crippen molar-refractivity contribution in [2.45, 2.75) is 59.4 Å². The first-order chi connectivity index (χ1) is 17.3. The highest BCUT2D eigenvalue weighted by Crippen LogP contribution is 2.54. The number of ketones is 1. The van der Waals surface area contributed by atoms with Crippen molar-refractivity contribution in [1.29, 1.82) is 0 Å². The van der Waals surface area contributed by atoms with Crippen LogP contribution in [0.15, 0.2) is 78.1 Å². The summed E-state index contributed by atoms with van der Waals surface area (Å²) in [6.07, 6.45) is 17.9. The van der Waals surface area contributed by atoms with Gasteiger partial charge < -0.3 is 10.3 Å². The SMILES string of the molecule is CC1=C[C@H]2/C=C/C[C@H](C)/C=C(\C)CC/C=C/C(=O)[C@]23C(=O)N[C@@H](Cc2c[nH]c4ccccc24)[C@@H]3[C@H]1C. The molecule has 1 aliphatic heterocycles. The standard InChI is InChI=1S/C32H38N2O2/c1-20-10-5-8-15-29(35)32-25(12-9-11-21(2)16-20)17-22(3)23(4)30(32)28(34-31(32)36)18-24-19-33-27-14-7-6-13-26(24)27/h6-9,12-17,19,21,23,25,28,30,33H,5,10-11,18H2,1-4H3,(H,34,36)/b12-9+,15-8+,20-16+/t21-,23-,25+,28-,30-,32+/m0/s1. The molecule has 5 rings (SSSR count). The first-order valence-corrected chi connectivity index (χ1v) is 13.4. The Morgan fingerprint density at radius 3 is 2.69 bits per heavy atom. The van der Waals surface area contributed by atoms with Crippen LogP contribution in [0.3, 0.4) is 0 Å². The predicted octanol–water partition coefficient (Wildman–Crippen LogP) is 6.47. The molecule has 0 radical (unpaired) electrons. The van der Waals surface area contributed by atoms with Gasteiger partial charge in [-0.15, -0.1) is 0 Å². The van der Waals surface area contributed by atoms with Crippen LogP contribution in [0.25, 0.3) is 10.9 Å². The summed E-state index contributed by atoms with van der Waals surface area (Å²) in [7, 11) is 0. The molecule has 188 valence electrons. The van der Waals surface area contributed by atoms with Gasteiger partial charge in [-0.1, -0.05) is 73.6 Å². The summed E-state index contributed by atoms with van der Waals surface area (Å²) in [6.45, 7) is 8.74. The van der Waals surface area contributed by atoms with Crippen molar-refractivity contribution in [3.63, 3.8) is 0 Å². The Bertz CT molecular complexity index is 1290. The zero-order valence-corrected chi connectivity index (χ0v) is 21.9. The number of fused-ring (bicyclic) bond motifs is 1. The first-order valence-electron chi connectivity index (χ1n) is 13.4. The van der Waals surface area contributed by atoms with Crippen LogP contribution in [0.4, 0.5) is 0 Å². The van der Waals surface area contributed by atoms with Crippen LogP contribution in [-0.4, -0.2) is 22.7 Å². The van der Waals surface area contributed by atoms with E-state index in [-0.39, 0.29) is 35.5 Å². The fourth-order valence-corrected chi connectivity index (χ4v) is 6.89. The second-order valence-corrected chi connectivity index (χ2v) is 11.2. The molecule has 2 aromatic rings. The fourth-order valence-electron chi connectivity index (χ4n) is 6.89. The molecular formula is C32H38N2O2. The lowest BCUT2D eigenvalue weighted by Crippen LogP contribution is -2.51. The Labute approximate surface area is 214 Å². The third-order valence-corrected chi connectivity index (χ3v) is 8.79. The van der Waals surface area contributed by atoms with Crippen LogP contribution in [0.1, 0.15) is 52.5 Å². The number of allylic oxidation sites excluding steroid dienone is 8. The third-order valence-electron chi connectivity index (χ3n) is 8.79. The van der Waals surface area contributed by atoms with Gasteiger partial charge in [-0.3, -0.25) is 9.59 Å². The molecule has 2 aliphatic carbocycles. The molecule has 1 aromatic carbocycles. The van der Waals surface area contributed by atoms with Gasteiger partial charge >= 0.3 is 0 Å². The maximum atomic E-state index is 14.1. The third kappa shape index (κ3) is 4.11. The lowest BCUT2D eigenvalue weighted by molar-refractivity contribution is -0.142. The van der Waals surface area contributed by atoms with E-state index in [2.05, 4.69) is 80.6 Å². The number of amides is 1. The number of nitrogens with one attached hydrogen (secondary N) is 2. The Kier molecular flexibility index (Phi) is 6.63. The van der Waals surface area contributed by atoms with Crippen molar-refractivity contribution >= 4 is 22.6 Å². The van der Waals surface area contributed by atoms with Crippen molar-refractivity contribution in [3.05, 3.63) is 83.6 Å². The van der Waals surface area contributed by atoms with Gasteiger partial charge in [0.25, 0.3) is 0 Å². The smallest absolute Gasteiger partial charge is 0.235 e. The number of hydrogen-bond donors (Lipinski definition) is 2. The van der Waals surface area contributed by atoms with Crippen LogP contribution in [0.2, 0.25) is 0 Å². The number of carbonyl (C=O) groups is 2. The second kappa shape index (κ2) is 9.72. The number of para-hydroxylation sites is 1. The quantitative estimate of drug-likeness (QED) is 0.381. The Hall–Kier alpha value is -3.14. The fraction of sp³-hybridized carbons (Fsp3) is 0.438. The van der Waals surface area contributed by atoms with Crippen LogP contribution in [0, 0.1) is 29.1 Å². The van der Waals surface area contributed by atoms with Crippen molar-refractivity contribution < 1.29 is 9.59 Å². The monoisotopic (exact) mass is 482 g/mol. The van der Waals surface area contributed by atoms with Gasteiger partial charge in [0.15, 0.2) is 5.78 Å². The van der Waals surface area contributed by atoms with Crippen LogP contribution < -0.4 is 5.32 Å². The van der Waals surface area contributed by atoms with Gasteiger partial charge in [-0.25, -0.2) is 0 Å². The summed E-state index contributed by atoms with van der Waals surface area (Å²) in [6, 6.07) is 8.17. The van der Waals surface area contributed by atoms with Gasteiger partial charge in [0.05, 0.1) is 0 Å². The van der Waals surface area contributed by atoms with Crippen LogP contribution in [0.5, 0.6) is 0 Å². The number of carbonyl (C=O) groups excluding carboxylic acids is 2. The lowest BCUT2D eigenvalue weighted by Gasteiger charge is -2.44. The number of H-pyrrole nitrogens is 1. The summed E-state index contributed by atoms with van der Waals surface area (Å²) < 4.78 is 0. The number of hydrogen-bond acceptors (Lipinski definition) is 2. The molecule has 2 N–H and O–H groups in total. The van der Waals surface area contributed by atoms with E-state index in [0.29, 0.717) is 12.3 Å². The highest BCUT2D eigenvalue weighted by molar-refractivity contribution is 6.13. The number of aromatic amines is 1. The topological polar surface area (TPSA) is 62.0 Å². The predicted molar refractivity (Wildman–Crippen MR) is 146 cm³/mol. The lowest BCUT2D eigenvalue weighted by atomic mass is 9.55. The number of benzene rings is 1. The summed E-state index contributed by atoms with van der Waals surface area (Å²) in [5.74, 6) is 0.0208. The molecular weight excluding hydrogens is 444 g/mol. The highest BCUT2D eigenvalue weighted by Gasteiger charge is 2.64. The molecule has 36 heavy (non-hydrogen) atoms. The molecule has 1 saturated heterocycles. The van der Waals surface area contributed by atoms with E-state index in [1.165, 1.54) is 22.1 Å². The van der Waals surface area contributed by atoms with E-state index in [9.17, 15) is 9.59 Å². The molecule has 0 unspecified atom stereocenters. The minimum absolute atomic E-state index is 0.0504. The highest BCUT2D eigenvalue weighted by atomic mass is 16.2. The summed E-state index contributed by atoms with van der Waals surface area (Å²) in [5, 5.41) is 4.50. The molecule has 3 aliphatic rings. The van der Waals surface area contributed by atoms with Crippen molar-refractivity contribution in [1.82, 2.24) is 10.3 Å². The molecule has 4 heteroatoms. The normalized spacial score (nSPS) is 36.3. The summed E-state index contributed by atoms with van der Waals surface area (Å²) in [5.41, 5.74) is 3.78. The van der Waals surface area contributed by atoms with Gasteiger partial charge in [0.2, 0.25) is 5.91 Å². The van der Waals surface area contributed by atoms with E-state index in [1.807, 2.05) is 18.2 Å². The molecule has 1 amide bonds. The van der Waals surface area contributed by atoms with Crippen molar-refractivity contribution in [3.8, 4) is 0 Å². The largest absolute Gasteiger partial charge is 0.361 e. The average molecular weight is 483 g/mol. The summed E-state index contributed by atoms with van der Waals surface area (Å²) >= 11 is 0. The molecule has 6 atom stereocenters. The molecule has 1 spiro atoms. The maximum Gasteiger partial charge on any atom is 0.235 e. The Morgan fingerprint density at radius 1 is 1.06 bits per heavy atom. The number of rotatable bonds is 2. The van der Waals surface area contributed by atoms with Gasteiger partial charge in [0.1, 0.15) is 5.41 Å². The first kappa shape index (κ1) is 24.5. The molecule has 0 saturated carbocycles. The molecule has 1 fully saturated rings. The molecule has 1 aromatic heterocycles. The van der Waals surface area contributed by atoms with Crippen LogP contribution >= 0.6 is 0 Å². The minimum Gasteiger partial charge on any atom is -0.361 e.